The normalized spacial score (nSPS) is 17.9. The van der Waals surface area contributed by atoms with Crippen molar-refractivity contribution in [3.8, 4) is 11.3 Å². The zero-order valence-corrected chi connectivity index (χ0v) is 13.3. The van der Waals surface area contributed by atoms with Crippen LogP contribution in [-0.2, 0) is 11.8 Å². The van der Waals surface area contributed by atoms with E-state index in [9.17, 15) is 9.59 Å². The molecule has 0 bridgehead atoms. The number of thiazole rings is 1. The molecule has 6 nitrogen and oxygen atoms in total. The number of carbonyl (C=O) groups excluding carboxylic acids is 1. The molecule has 0 radical (unpaired) electrons. The van der Waals surface area contributed by atoms with Gasteiger partial charge in [-0.2, -0.15) is 0 Å². The molecule has 1 fully saturated rings. The average molecular weight is 319 g/mol. The molecule has 1 amide bonds. The Balaban J connectivity index is 1.82. The highest BCUT2D eigenvalue weighted by atomic mass is 32.1. The number of aryl methyl sites for hydroxylation is 2. The summed E-state index contributed by atoms with van der Waals surface area (Å²) >= 11 is 1.57. The quantitative estimate of drug-likeness (QED) is 0.939. The van der Waals surface area contributed by atoms with Crippen LogP contribution in [0.15, 0.2) is 17.6 Å². The summed E-state index contributed by atoms with van der Waals surface area (Å²) in [6, 6.07) is 1.82. The Morgan fingerprint density at radius 1 is 1.45 bits per heavy atom. The van der Waals surface area contributed by atoms with Crippen molar-refractivity contribution in [3.05, 3.63) is 28.3 Å². The van der Waals surface area contributed by atoms with E-state index in [1.165, 1.54) is 0 Å². The molecule has 1 saturated heterocycles. The number of amides is 1. The lowest BCUT2D eigenvalue weighted by atomic mass is 10.1. The Labute approximate surface area is 132 Å². The Hall–Kier alpha value is -2.15. The van der Waals surface area contributed by atoms with Crippen LogP contribution in [0, 0.1) is 12.8 Å². The Kier molecular flexibility index (Phi) is 3.74. The first-order valence-corrected chi connectivity index (χ1v) is 7.94. The third-order valence-corrected chi connectivity index (χ3v) is 4.74. The number of aromatic nitrogens is 2. The predicted octanol–water partition coefficient (Wildman–Crippen LogP) is 2.00. The highest BCUT2D eigenvalue weighted by Crippen LogP contribution is 2.25. The lowest BCUT2D eigenvalue weighted by Gasteiger charge is -2.15. The van der Waals surface area contributed by atoms with Crippen LogP contribution in [0.25, 0.3) is 11.3 Å². The smallest absolute Gasteiger partial charge is 0.308 e. The fraction of sp³-hybridized carbons (Fsp3) is 0.400. The van der Waals surface area contributed by atoms with Crippen LogP contribution in [0.1, 0.15) is 21.9 Å². The SMILES string of the molecule is Cc1nc(-c2cc(C(=O)N3CCC(C(=O)O)C3)n(C)c2)cs1. The summed E-state index contributed by atoms with van der Waals surface area (Å²) in [5.41, 5.74) is 2.33. The van der Waals surface area contributed by atoms with Crippen molar-refractivity contribution < 1.29 is 14.7 Å². The van der Waals surface area contributed by atoms with Gasteiger partial charge >= 0.3 is 5.97 Å². The molecule has 1 atom stereocenters. The van der Waals surface area contributed by atoms with Gasteiger partial charge in [-0.1, -0.05) is 0 Å². The second-order valence-corrected chi connectivity index (χ2v) is 6.61. The molecule has 1 N–H and O–H groups in total. The first-order valence-electron chi connectivity index (χ1n) is 7.06. The van der Waals surface area contributed by atoms with Crippen molar-refractivity contribution in [2.24, 2.45) is 13.0 Å². The van der Waals surface area contributed by atoms with Crippen molar-refractivity contribution in [2.75, 3.05) is 13.1 Å². The zero-order chi connectivity index (χ0) is 15.9. The minimum atomic E-state index is -0.833. The van der Waals surface area contributed by atoms with E-state index in [2.05, 4.69) is 4.98 Å². The molecule has 3 heterocycles. The molecule has 7 heteroatoms. The topological polar surface area (TPSA) is 75.4 Å². The number of carboxylic acid groups (broad SMARTS) is 1. The number of carbonyl (C=O) groups is 2. The Morgan fingerprint density at radius 3 is 2.82 bits per heavy atom. The molecule has 0 aromatic carbocycles. The van der Waals surface area contributed by atoms with Gasteiger partial charge in [0.05, 0.1) is 16.6 Å². The van der Waals surface area contributed by atoms with Crippen molar-refractivity contribution >= 4 is 23.2 Å². The molecule has 2 aromatic heterocycles. The molecule has 2 aromatic rings. The summed E-state index contributed by atoms with van der Waals surface area (Å²) in [6.07, 6.45) is 2.40. The van der Waals surface area contributed by atoms with Crippen LogP contribution in [0.3, 0.4) is 0 Å². The number of hydrogen-bond acceptors (Lipinski definition) is 4. The first kappa shape index (κ1) is 14.8. The van der Waals surface area contributed by atoms with Crippen LogP contribution < -0.4 is 0 Å². The Bertz CT molecular complexity index is 734. The molecule has 1 aliphatic rings. The van der Waals surface area contributed by atoms with Crippen LogP contribution in [-0.4, -0.2) is 44.5 Å². The van der Waals surface area contributed by atoms with Crippen LogP contribution in [0.4, 0.5) is 0 Å². The molecular weight excluding hydrogens is 302 g/mol. The third kappa shape index (κ3) is 2.64. The van der Waals surface area contributed by atoms with Gasteiger partial charge in [0.2, 0.25) is 0 Å². The fourth-order valence-corrected chi connectivity index (χ4v) is 3.34. The lowest BCUT2D eigenvalue weighted by Crippen LogP contribution is -2.31. The minimum absolute atomic E-state index is 0.121. The van der Waals surface area contributed by atoms with Crippen LogP contribution in [0.5, 0.6) is 0 Å². The summed E-state index contributed by atoms with van der Waals surface area (Å²) in [5, 5.41) is 12.0. The van der Waals surface area contributed by atoms with E-state index >= 15 is 0 Å². The first-order chi connectivity index (χ1) is 10.5. The minimum Gasteiger partial charge on any atom is -0.481 e. The van der Waals surface area contributed by atoms with Crippen molar-refractivity contribution in [2.45, 2.75) is 13.3 Å². The maximum atomic E-state index is 12.6. The van der Waals surface area contributed by atoms with E-state index in [-0.39, 0.29) is 12.5 Å². The average Bonchev–Trinajstić information content (AvgIpc) is 3.16. The molecule has 3 rings (SSSR count). The predicted molar refractivity (Wildman–Crippen MR) is 82.9 cm³/mol. The lowest BCUT2D eigenvalue weighted by molar-refractivity contribution is -0.141. The highest BCUT2D eigenvalue weighted by Gasteiger charge is 2.32. The molecule has 1 aliphatic heterocycles. The van der Waals surface area contributed by atoms with E-state index in [1.807, 2.05) is 31.6 Å². The third-order valence-electron chi connectivity index (χ3n) is 3.96. The maximum Gasteiger partial charge on any atom is 0.308 e. The monoisotopic (exact) mass is 319 g/mol. The summed E-state index contributed by atoms with van der Waals surface area (Å²) < 4.78 is 1.78. The Morgan fingerprint density at radius 2 is 2.23 bits per heavy atom. The standard InChI is InChI=1S/C15H17N3O3S/c1-9-16-12(8-22-9)11-5-13(17(2)6-11)14(19)18-4-3-10(7-18)15(20)21/h5-6,8,10H,3-4,7H2,1-2H3,(H,20,21). The van der Waals surface area contributed by atoms with Crippen LogP contribution >= 0.6 is 11.3 Å². The van der Waals surface area contributed by atoms with Crippen molar-refractivity contribution in [1.82, 2.24) is 14.5 Å². The van der Waals surface area contributed by atoms with Gasteiger partial charge < -0.3 is 14.6 Å². The maximum absolute atomic E-state index is 12.6. The number of nitrogens with zero attached hydrogens (tertiary/aromatic N) is 3. The van der Waals surface area contributed by atoms with Crippen molar-refractivity contribution in [3.63, 3.8) is 0 Å². The molecule has 0 spiro atoms. The van der Waals surface area contributed by atoms with E-state index in [4.69, 9.17) is 5.11 Å². The number of likely N-dealkylation sites (tertiary alicyclic amines) is 1. The van der Waals surface area contributed by atoms with E-state index in [1.54, 1.807) is 20.8 Å². The van der Waals surface area contributed by atoms with Gasteiger partial charge in [0.1, 0.15) is 5.69 Å². The van der Waals surface area contributed by atoms with Gasteiger partial charge in [0.25, 0.3) is 5.91 Å². The molecule has 0 saturated carbocycles. The number of aliphatic carboxylic acids is 1. The summed E-state index contributed by atoms with van der Waals surface area (Å²) in [5.74, 6) is -1.41. The molecule has 22 heavy (non-hydrogen) atoms. The summed E-state index contributed by atoms with van der Waals surface area (Å²) in [6.45, 7) is 2.72. The van der Waals surface area contributed by atoms with Gasteiger partial charge in [-0.15, -0.1) is 11.3 Å². The number of rotatable bonds is 3. The van der Waals surface area contributed by atoms with Crippen molar-refractivity contribution in [1.29, 1.82) is 0 Å². The van der Waals surface area contributed by atoms with Gasteiger partial charge in [-0.3, -0.25) is 9.59 Å². The second kappa shape index (κ2) is 5.57. The van der Waals surface area contributed by atoms with Crippen LogP contribution in [0.2, 0.25) is 0 Å². The van der Waals surface area contributed by atoms with E-state index in [0.29, 0.717) is 18.7 Å². The highest BCUT2D eigenvalue weighted by molar-refractivity contribution is 7.09. The van der Waals surface area contributed by atoms with Gasteiger partial charge in [-0.05, 0) is 19.4 Å². The number of carboxylic acids is 1. The molecule has 0 aliphatic carbocycles. The van der Waals surface area contributed by atoms with E-state index in [0.717, 1.165) is 16.3 Å². The largest absolute Gasteiger partial charge is 0.481 e. The van der Waals surface area contributed by atoms with Gasteiger partial charge in [0, 0.05) is 37.3 Å². The zero-order valence-electron chi connectivity index (χ0n) is 12.4. The van der Waals surface area contributed by atoms with Gasteiger partial charge in [0.15, 0.2) is 0 Å². The van der Waals surface area contributed by atoms with Gasteiger partial charge in [-0.25, -0.2) is 4.98 Å². The summed E-state index contributed by atoms with van der Waals surface area (Å²) in [4.78, 5) is 29.6. The summed E-state index contributed by atoms with van der Waals surface area (Å²) in [7, 11) is 1.82. The van der Waals surface area contributed by atoms with E-state index < -0.39 is 11.9 Å². The molecule has 1 unspecified atom stereocenters. The fourth-order valence-electron chi connectivity index (χ4n) is 2.72. The molecule has 116 valence electrons. The number of hydrogen-bond donors (Lipinski definition) is 1. The second-order valence-electron chi connectivity index (χ2n) is 5.55. The molecular formula is C15H17N3O3S.